The van der Waals surface area contributed by atoms with Gasteiger partial charge in [-0.05, 0) is 12.1 Å². The van der Waals surface area contributed by atoms with Crippen LogP contribution in [0.1, 0.15) is 17.2 Å². The van der Waals surface area contributed by atoms with E-state index in [4.69, 9.17) is 4.74 Å². The van der Waals surface area contributed by atoms with E-state index >= 15 is 0 Å². The van der Waals surface area contributed by atoms with Gasteiger partial charge in [0, 0.05) is 43.4 Å². The molecule has 1 saturated heterocycles. The molecule has 1 fully saturated rings. The minimum absolute atomic E-state index is 0. The van der Waals surface area contributed by atoms with Crippen LogP contribution in [-0.2, 0) is 6.54 Å². The molecule has 1 aliphatic rings. The second-order valence-corrected chi connectivity index (χ2v) is 5.67. The van der Waals surface area contributed by atoms with E-state index < -0.39 is 11.6 Å². The van der Waals surface area contributed by atoms with Crippen molar-refractivity contribution in [2.45, 2.75) is 12.6 Å². The van der Waals surface area contributed by atoms with Crippen molar-refractivity contribution in [1.29, 1.82) is 0 Å². The Morgan fingerprint density at radius 3 is 2.75 bits per heavy atom. The summed E-state index contributed by atoms with van der Waals surface area (Å²) in [5, 5.41) is 3.37. The van der Waals surface area contributed by atoms with Crippen LogP contribution in [-0.4, -0.2) is 31.6 Å². The highest BCUT2D eigenvalue weighted by Crippen LogP contribution is 2.31. The van der Waals surface area contributed by atoms with Gasteiger partial charge >= 0.3 is 0 Å². The Kier molecular flexibility index (Phi) is 6.54. The van der Waals surface area contributed by atoms with Crippen molar-refractivity contribution in [3.05, 3.63) is 65.2 Å². The Bertz CT molecular complexity index is 684. The fourth-order valence-corrected chi connectivity index (χ4v) is 3.05. The maximum atomic E-state index is 14.0. The van der Waals surface area contributed by atoms with Crippen LogP contribution in [0.3, 0.4) is 0 Å². The molecule has 3 nitrogen and oxygen atoms in total. The lowest BCUT2D eigenvalue weighted by Gasteiger charge is -2.37. The number of halogens is 3. The van der Waals surface area contributed by atoms with Gasteiger partial charge in [-0.1, -0.05) is 24.3 Å². The molecular weight excluding hydrogens is 334 g/mol. The average Bonchev–Trinajstić information content (AvgIpc) is 2.58. The zero-order valence-corrected chi connectivity index (χ0v) is 14.3. The summed E-state index contributed by atoms with van der Waals surface area (Å²) in [6, 6.07) is 11.7. The third-order valence-electron chi connectivity index (χ3n) is 4.24. The minimum Gasteiger partial charge on any atom is -0.496 e. The molecule has 1 N–H and O–H groups in total. The first kappa shape index (κ1) is 18.6. The molecule has 0 bridgehead atoms. The van der Waals surface area contributed by atoms with E-state index in [0.29, 0.717) is 12.1 Å². The van der Waals surface area contributed by atoms with Crippen molar-refractivity contribution in [3.63, 3.8) is 0 Å². The second kappa shape index (κ2) is 8.42. The molecule has 3 rings (SSSR count). The maximum absolute atomic E-state index is 14.0. The fraction of sp³-hybridized carbons (Fsp3) is 0.333. The van der Waals surface area contributed by atoms with E-state index in [1.165, 1.54) is 12.1 Å². The standard InChI is InChI=1S/C18H20F2N2O.ClH/c1-23-18-5-3-2-4-15(18)17-11-21-8-9-22(17)12-13-6-7-14(19)10-16(13)20;/h2-7,10,17,21H,8-9,11-12H2,1H3;1H. The molecule has 1 aliphatic heterocycles. The van der Waals surface area contributed by atoms with Gasteiger partial charge in [-0.2, -0.15) is 0 Å². The van der Waals surface area contributed by atoms with Crippen LogP contribution in [0, 0.1) is 11.6 Å². The van der Waals surface area contributed by atoms with Crippen LogP contribution in [0.2, 0.25) is 0 Å². The average molecular weight is 355 g/mol. The lowest BCUT2D eigenvalue weighted by molar-refractivity contribution is 0.149. The van der Waals surface area contributed by atoms with Crippen LogP contribution >= 0.6 is 12.4 Å². The highest BCUT2D eigenvalue weighted by Gasteiger charge is 2.26. The fourth-order valence-electron chi connectivity index (χ4n) is 3.05. The van der Waals surface area contributed by atoms with Crippen molar-refractivity contribution in [2.75, 3.05) is 26.7 Å². The van der Waals surface area contributed by atoms with Gasteiger partial charge in [0.15, 0.2) is 0 Å². The predicted molar refractivity (Wildman–Crippen MR) is 92.6 cm³/mol. The second-order valence-electron chi connectivity index (χ2n) is 5.67. The lowest BCUT2D eigenvalue weighted by Crippen LogP contribution is -2.45. The number of ether oxygens (including phenoxy) is 1. The van der Waals surface area contributed by atoms with Gasteiger partial charge in [0.05, 0.1) is 13.2 Å². The van der Waals surface area contributed by atoms with Crippen LogP contribution in [0.4, 0.5) is 8.78 Å². The summed E-state index contributed by atoms with van der Waals surface area (Å²) < 4.78 is 32.5. The SMILES string of the molecule is COc1ccccc1C1CNCCN1Cc1ccc(F)cc1F.Cl. The Balaban J connectivity index is 0.00000208. The van der Waals surface area contributed by atoms with E-state index in [1.807, 2.05) is 24.3 Å². The Hall–Kier alpha value is -1.69. The largest absolute Gasteiger partial charge is 0.496 e. The summed E-state index contributed by atoms with van der Waals surface area (Å²) in [5.74, 6) is -0.221. The van der Waals surface area contributed by atoms with Gasteiger partial charge in [0.2, 0.25) is 0 Å². The first-order valence-electron chi connectivity index (χ1n) is 7.70. The molecule has 2 aromatic rings. The van der Waals surface area contributed by atoms with Gasteiger partial charge in [0.25, 0.3) is 0 Å². The minimum atomic E-state index is -0.548. The van der Waals surface area contributed by atoms with Crippen molar-refractivity contribution in [2.24, 2.45) is 0 Å². The van der Waals surface area contributed by atoms with E-state index in [0.717, 1.165) is 37.0 Å². The number of hydrogen-bond acceptors (Lipinski definition) is 3. The van der Waals surface area contributed by atoms with Crippen molar-refractivity contribution >= 4 is 12.4 Å². The molecule has 2 aromatic carbocycles. The Labute approximate surface area is 147 Å². The maximum Gasteiger partial charge on any atom is 0.130 e. The molecule has 0 saturated carbocycles. The summed E-state index contributed by atoms with van der Waals surface area (Å²) in [4.78, 5) is 2.20. The molecule has 24 heavy (non-hydrogen) atoms. The highest BCUT2D eigenvalue weighted by molar-refractivity contribution is 5.85. The lowest BCUT2D eigenvalue weighted by atomic mass is 10.0. The quantitative estimate of drug-likeness (QED) is 0.909. The monoisotopic (exact) mass is 354 g/mol. The topological polar surface area (TPSA) is 24.5 Å². The van der Waals surface area contributed by atoms with E-state index in [1.54, 1.807) is 7.11 Å². The van der Waals surface area contributed by atoms with Crippen molar-refractivity contribution < 1.29 is 13.5 Å². The normalized spacial score (nSPS) is 18.0. The molecule has 6 heteroatoms. The molecular formula is C18H21ClF2N2O. The number of rotatable bonds is 4. The number of methoxy groups -OCH3 is 1. The van der Waals surface area contributed by atoms with E-state index in [2.05, 4.69) is 10.2 Å². The van der Waals surface area contributed by atoms with Crippen LogP contribution in [0.5, 0.6) is 5.75 Å². The summed E-state index contributed by atoms with van der Waals surface area (Å²) in [7, 11) is 1.65. The number of benzene rings is 2. The molecule has 1 atom stereocenters. The zero-order valence-electron chi connectivity index (χ0n) is 13.5. The van der Waals surface area contributed by atoms with E-state index in [-0.39, 0.29) is 18.4 Å². The molecule has 130 valence electrons. The Morgan fingerprint density at radius 1 is 1.21 bits per heavy atom. The molecule has 0 aromatic heterocycles. The number of nitrogens with zero attached hydrogens (tertiary/aromatic N) is 1. The zero-order chi connectivity index (χ0) is 16.2. The number of nitrogens with one attached hydrogen (secondary N) is 1. The first-order valence-corrected chi connectivity index (χ1v) is 7.70. The summed E-state index contributed by atoms with van der Waals surface area (Å²) >= 11 is 0. The number of hydrogen-bond donors (Lipinski definition) is 1. The van der Waals surface area contributed by atoms with Crippen LogP contribution < -0.4 is 10.1 Å². The molecule has 1 heterocycles. The third-order valence-corrected chi connectivity index (χ3v) is 4.24. The summed E-state index contributed by atoms with van der Waals surface area (Å²) in [6.07, 6.45) is 0. The van der Waals surface area contributed by atoms with Crippen LogP contribution in [0.15, 0.2) is 42.5 Å². The van der Waals surface area contributed by atoms with Gasteiger partial charge in [-0.25, -0.2) is 8.78 Å². The van der Waals surface area contributed by atoms with Gasteiger partial charge in [-0.15, -0.1) is 12.4 Å². The number of para-hydroxylation sites is 1. The van der Waals surface area contributed by atoms with Crippen LogP contribution in [0.25, 0.3) is 0 Å². The van der Waals surface area contributed by atoms with Gasteiger partial charge < -0.3 is 10.1 Å². The highest BCUT2D eigenvalue weighted by atomic mass is 35.5. The van der Waals surface area contributed by atoms with Gasteiger partial charge in [0.1, 0.15) is 17.4 Å². The van der Waals surface area contributed by atoms with Crippen molar-refractivity contribution in [3.8, 4) is 5.75 Å². The molecule has 1 unspecified atom stereocenters. The molecule has 0 aliphatic carbocycles. The van der Waals surface area contributed by atoms with Gasteiger partial charge in [-0.3, -0.25) is 4.90 Å². The molecule has 0 spiro atoms. The number of piperazine rings is 1. The predicted octanol–water partition coefficient (Wildman–Crippen LogP) is 3.54. The summed E-state index contributed by atoms with van der Waals surface area (Å²) in [6.45, 7) is 2.84. The third kappa shape index (κ3) is 4.04. The van der Waals surface area contributed by atoms with E-state index in [9.17, 15) is 8.78 Å². The summed E-state index contributed by atoms with van der Waals surface area (Å²) in [5.41, 5.74) is 1.58. The molecule has 0 amide bonds. The first-order chi connectivity index (χ1) is 11.2. The molecule has 0 radical (unpaired) electrons. The smallest absolute Gasteiger partial charge is 0.130 e. The Morgan fingerprint density at radius 2 is 2.00 bits per heavy atom. The van der Waals surface area contributed by atoms with Crippen molar-refractivity contribution in [1.82, 2.24) is 10.2 Å².